The summed E-state index contributed by atoms with van der Waals surface area (Å²) in [4.78, 5) is 17.2. The maximum absolute atomic E-state index is 13.4. The largest absolute Gasteiger partial charge is 0.497 e. The highest BCUT2D eigenvalue weighted by Gasteiger charge is 2.30. The highest BCUT2D eigenvalue weighted by atomic mass is 16.5. The summed E-state index contributed by atoms with van der Waals surface area (Å²) >= 11 is 0. The van der Waals surface area contributed by atoms with Crippen LogP contribution in [0.4, 0.5) is 4.79 Å². The van der Waals surface area contributed by atoms with E-state index < -0.39 is 0 Å². The lowest BCUT2D eigenvalue weighted by Crippen LogP contribution is -2.49. The minimum atomic E-state index is -0.149. The van der Waals surface area contributed by atoms with Gasteiger partial charge in [-0.1, -0.05) is 17.7 Å². The van der Waals surface area contributed by atoms with Crippen molar-refractivity contribution < 1.29 is 18.7 Å². The molecule has 0 aliphatic carbocycles. The fourth-order valence-electron chi connectivity index (χ4n) is 3.38. The van der Waals surface area contributed by atoms with Gasteiger partial charge in [0.25, 0.3) is 0 Å². The molecule has 6 nitrogen and oxygen atoms in total. The molecular weight excluding hydrogens is 356 g/mol. The minimum absolute atomic E-state index is 0.0123. The number of methoxy groups -OCH3 is 1. The van der Waals surface area contributed by atoms with Crippen LogP contribution >= 0.6 is 0 Å². The molecule has 2 aromatic rings. The summed E-state index contributed by atoms with van der Waals surface area (Å²) in [5.74, 6) is 1.54. The van der Waals surface area contributed by atoms with Crippen molar-refractivity contribution >= 4 is 6.03 Å². The third kappa shape index (κ3) is 4.95. The number of benzene rings is 1. The molecule has 0 unspecified atom stereocenters. The number of rotatable bonds is 7. The van der Waals surface area contributed by atoms with Crippen molar-refractivity contribution in [2.75, 3.05) is 33.4 Å². The number of furan rings is 1. The van der Waals surface area contributed by atoms with Crippen LogP contribution in [-0.4, -0.2) is 49.2 Å². The van der Waals surface area contributed by atoms with Gasteiger partial charge in [-0.05, 0) is 43.2 Å². The summed E-state index contributed by atoms with van der Waals surface area (Å²) in [6.45, 7) is 8.78. The normalized spacial score (nSPS) is 15.1. The lowest BCUT2D eigenvalue weighted by Gasteiger charge is -2.37. The average molecular weight is 384 g/mol. The molecule has 1 aliphatic heterocycles. The zero-order chi connectivity index (χ0) is 19.9. The molecule has 0 spiro atoms. The maximum atomic E-state index is 13.4. The Balaban J connectivity index is 1.93. The summed E-state index contributed by atoms with van der Waals surface area (Å²) in [6, 6.07) is 11.4. The Bertz CT molecular complexity index is 764. The van der Waals surface area contributed by atoms with Crippen LogP contribution in [0.2, 0.25) is 0 Å². The van der Waals surface area contributed by atoms with E-state index in [4.69, 9.17) is 13.9 Å². The first-order valence-electron chi connectivity index (χ1n) is 9.52. The molecule has 150 valence electrons. The smallest absolute Gasteiger partial charge is 0.321 e. The first-order chi connectivity index (χ1) is 13.6. The van der Waals surface area contributed by atoms with Gasteiger partial charge in [0.2, 0.25) is 0 Å². The predicted octanol–water partition coefficient (Wildman–Crippen LogP) is 4.25. The number of hydrogen-bond acceptors (Lipinski definition) is 4. The topological polar surface area (TPSA) is 55.2 Å². The molecule has 0 radical (unpaired) electrons. The van der Waals surface area contributed by atoms with Gasteiger partial charge >= 0.3 is 6.03 Å². The highest BCUT2D eigenvalue weighted by Crippen LogP contribution is 2.31. The van der Waals surface area contributed by atoms with E-state index in [2.05, 4.69) is 6.58 Å². The van der Waals surface area contributed by atoms with Crippen molar-refractivity contribution in [3.05, 3.63) is 66.1 Å². The van der Waals surface area contributed by atoms with Crippen molar-refractivity contribution in [1.29, 1.82) is 0 Å². The second kappa shape index (κ2) is 9.46. The summed E-state index contributed by atoms with van der Waals surface area (Å²) in [7, 11) is 1.64. The molecular formula is C22H28N2O4. The van der Waals surface area contributed by atoms with Crippen molar-refractivity contribution in [3.63, 3.8) is 0 Å². The van der Waals surface area contributed by atoms with Gasteiger partial charge in [-0.25, -0.2) is 4.79 Å². The average Bonchev–Trinajstić information content (AvgIpc) is 3.24. The van der Waals surface area contributed by atoms with Gasteiger partial charge in [-0.3, -0.25) is 0 Å². The number of nitrogens with zero attached hydrogens (tertiary/aromatic N) is 2. The quantitative estimate of drug-likeness (QED) is 0.670. The SMILES string of the molecule is C=C(C)C[C@H](c1ccc(OC)cc1)N(Cc1ccco1)C(=O)N1CCOCC1. The second-order valence-electron chi connectivity index (χ2n) is 7.04. The molecule has 1 aromatic carbocycles. The summed E-state index contributed by atoms with van der Waals surface area (Å²) in [5, 5.41) is 0. The van der Waals surface area contributed by atoms with Crippen LogP contribution in [0.3, 0.4) is 0 Å². The number of amides is 2. The van der Waals surface area contributed by atoms with Gasteiger partial charge in [0.1, 0.15) is 11.5 Å². The fourth-order valence-corrected chi connectivity index (χ4v) is 3.38. The van der Waals surface area contributed by atoms with Gasteiger partial charge < -0.3 is 23.7 Å². The van der Waals surface area contributed by atoms with E-state index in [1.54, 1.807) is 13.4 Å². The van der Waals surface area contributed by atoms with Gasteiger partial charge in [0.05, 0.1) is 39.2 Å². The Morgan fingerprint density at radius 1 is 1.25 bits per heavy atom. The first kappa shape index (κ1) is 20.0. The molecule has 1 aliphatic rings. The Morgan fingerprint density at radius 2 is 1.96 bits per heavy atom. The van der Waals surface area contributed by atoms with E-state index >= 15 is 0 Å². The van der Waals surface area contributed by atoms with E-state index in [0.29, 0.717) is 39.3 Å². The predicted molar refractivity (Wildman–Crippen MR) is 107 cm³/mol. The molecule has 0 bridgehead atoms. The van der Waals surface area contributed by atoms with Crippen LogP contribution in [0, 0.1) is 0 Å². The van der Waals surface area contributed by atoms with Crippen molar-refractivity contribution in [2.45, 2.75) is 25.9 Å². The molecule has 1 atom stereocenters. The van der Waals surface area contributed by atoms with E-state index in [0.717, 1.165) is 22.6 Å². The molecule has 1 fully saturated rings. The zero-order valence-electron chi connectivity index (χ0n) is 16.6. The highest BCUT2D eigenvalue weighted by molar-refractivity contribution is 5.75. The maximum Gasteiger partial charge on any atom is 0.321 e. The molecule has 1 saturated heterocycles. The molecule has 2 heterocycles. The molecule has 2 amide bonds. The number of morpholine rings is 1. The summed E-state index contributed by atoms with van der Waals surface area (Å²) in [6.07, 6.45) is 2.30. The van der Waals surface area contributed by atoms with Crippen LogP contribution < -0.4 is 4.74 Å². The summed E-state index contributed by atoms with van der Waals surface area (Å²) < 4.78 is 16.2. The number of carbonyl (C=O) groups is 1. The Kier molecular flexibility index (Phi) is 6.76. The second-order valence-corrected chi connectivity index (χ2v) is 7.04. The Morgan fingerprint density at radius 3 is 2.54 bits per heavy atom. The fraction of sp³-hybridized carbons (Fsp3) is 0.409. The zero-order valence-corrected chi connectivity index (χ0v) is 16.6. The van der Waals surface area contributed by atoms with Gasteiger partial charge in [-0.15, -0.1) is 6.58 Å². The van der Waals surface area contributed by atoms with Crippen LogP contribution in [-0.2, 0) is 11.3 Å². The van der Waals surface area contributed by atoms with E-state index in [9.17, 15) is 4.79 Å². The van der Waals surface area contributed by atoms with E-state index in [1.807, 2.05) is 53.1 Å². The molecule has 0 saturated carbocycles. The first-order valence-corrected chi connectivity index (χ1v) is 9.52. The molecule has 28 heavy (non-hydrogen) atoms. The minimum Gasteiger partial charge on any atom is -0.497 e. The number of carbonyl (C=O) groups excluding carboxylic acids is 1. The molecule has 1 aromatic heterocycles. The third-order valence-corrected chi connectivity index (χ3v) is 4.85. The van der Waals surface area contributed by atoms with E-state index in [-0.39, 0.29) is 12.1 Å². The summed E-state index contributed by atoms with van der Waals surface area (Å²) in [5.41, 5.74) is 2.05. The van der Waals surface area contributed by atoms with Gasteiger partial charge in [-0.2, -0.15) is 0 Å². The van der Waals surface area contributed by atoms with Crippen LogP contribution in [0.15, 0.2) is 59.2 Å². The van der Waals surface area contributed by atoms with Crippen LogP contribution in [0.25, 0.3) is 0 Å². The lowest BCUT2D eigenvalue weighted by molar-refractivity contribution is 0.0370. The Hall–Kier alpha value is -2.73. The van der Waals surface area contributed by atoms with Crippen LogP contribution in [0.5, 0.6) is 5.75 Å². The number of urea groups is 1. The molecule has 0 N–H and O–H groups in total. The molecule has 6 heteroatoms. The monoisotopic (exact) mass is 384 g/mol. The van der Waals surface area contributed by atoms with Gasteiger partial charge in [0, 0.05) is 13.1 Å². The number of ether oxygens (including phenoxy) is 2. The Labute approximate surface area is 166 Å². The van der Waals surface area contributed by atoms with Crippen molar-refractivity contribution in [1.82, 2.24) is 9.80 Å². The van der Waals surface area contributed by atoms with E-state index in [1.165, 1.54) is 0 Å². The van der Waals surface area contributed by atoms with Gasteiger partial charge in [0.15, 0.2) is 0 Å². The number of hydrogen-bond donors (Lipinski definition) is 0. The van der Waals surface area contributed by atoms with Crippen LogP contribution in [0.1, 0.15) is 30.7 Å². The lowest BCUT2D eigenvalue weighted by atomic mass is 9.98. The van der Waals surface area contributed by atoms with Crippen molar-refractivity contribution in [2.24, 2.45) is 0 Å². The standard InChI is InChI=1S/C22H28N2O4/c1-17(2)15-21(18-6-8-19(26-3)9-7-18)24(16-20-5-4-12-28-20)22(25)23-10-13-27-14-11-23/h4-9,12,21H,1,10-11,13-16H2,2-3H3/t21-/m1/s1. The molecule has 3 rings (SSSR count). The van der Waals surface area contributed by atoms with Crippen molar-refractivity contribution in [3.8, 4) is 5.75 Å². The third-order valence-electron chi connectivity index (χ3n) is 4.85.